The SMILES string of the molecule is CNc1cccc(C2=NOC(c3cc(Cl)cc(Cl)c3)(C(F)(F)F)C2)c1. The molecule has 3 nitrogen and oxygen atoms in total. The third-order valence-electron chi connectivity index (χ3n) is 4.00. The van der Waals surface area contributed by atoms with Crippen molar-refractivity contribution >= 4 is 34.6 Å². The Bertz CT molecular complexity index is 819. The second kappa shape index (κ2) is 6.42. The maximum Gasteiger partial charge on any atom is 0.435 e. The maximum absolute atomic E-state index is 13.9. The van der Waals surface area contributed by atoms with E-state index in [1.165, 1.54) is 18.2 Å². The maximum atomic E-state index is 13.9. The van der Waals surface area contributed by atoms with Gasteiger partial charge in [-0.2, -0.15) is 13.2 Å². The van der Waals surface area contributed by atoms with Gasteiger partial charge in [0.05, 0.1) is 5.71 Å². The van der Waals surface area contributed by atoms with Crippen molar-refractivity contribution in [1.29, 1.82) is 0 Å². The van der Waals surface area contributed by atoms with E-state index in [1.54, 1.807) is 31.3 Å². The lowest BCUT2D eigenvalue weighted by Gasteiger charge is -2.29. The molecule has 0 aromatic heterocycles. The quantitative estimate of drug-likeness (QED) is 0.740. The van der Waals surface area contributed by atoms with E-state index in [9.17, 15) is 13.2 Å². The van der Waals surface area contributed by atoms with Crippen LogP contribution in [0.4, 0.5) is 18.9 Å². The molecule has 1 atom stereocenters. The van der Waals surface area contributed by atoms with Crippen molar-refractivity contribution < 1.29 is 18.0 Å². The molecule has 3 rings (SSSR count). The summed E-state index contributed by atoms with van der Waals surface area (Å²) in [4.78, 5) is 4.97. The van der Waals surface area contributed by atoms with Crippen LogP contribution < -0.4 is 5.32 Å². The molecule has 1 heterocycles. The van der Waals surface area contributed by atoms with E-state index >= 15 is 0 Å². The summed E-state index contributed by atoms with van der Waals surface area (Å²) in [7, 11) is 1.72. The van der Waals surface area contributed by atoms with Gasteiger partial charge in [-0.1, -0.05) is 40.5 Å². The number of alkyl halides is 3. The van der Waals surface area contributed by atoms with E-state index in [4.69, 9.17) is 28.0 Å². The number of benzene rings is 2. The summed E-state index contributed by atoms with van der Waals surface area (Å²) in [6.07, 6.45) is -5.17. The van der Waals surface area contributed by atoms with Crippen LogP contribution in [-0.4, -0.2) is 18.9 Å². The largest absolute Gasteiger partial charge is 0.435 e. The topological polar surface area (TPSA) is 33.6 Å². The summed E-state index contributed by atoms with van der Waals surface area (Å²) >= 11 is 11.8. The van der Waals surface area contributed by atoms with E-state index in [1.807, 2.05) is 0 Å². The minimum Gasteiger partial charge on any atom is -0.388 e. The Morgan fingerprint density at radius 1 is 1.12 bits per heavy atom. The van der Waals surface area contributed by atoms with Crippen LogP contribution in [0.3, 0.4) is 0 Å². The molecule has 0 saturated carbocycles. The van der Waals surface area contributed by atoms with Crippen LogP contribution >= 0.6 is 23.2 Å². The lowest BCUT2D eigenvalue weighted by atomic mass is 9.86. The summed E-state index contributed by atoms with van der Waals surface area (Å²) < 4.78 is 41.7. The van der Waals surface area contributed by atoms with Crippen molar-refractivity contribution in [3.63, 3.8) is 0 Å². The van der Waals surface area contributed by atoms with Crippen LogP contribution in [0.25, 0.3) is 0 Å². The van der Waals surface area contributed by atoms with Crippen LogP contribution in [-0.2, 0) is 10.4 Å². The van der Waals surface area contributed by atoms with Gasteiger partial charge in [-0.15, -0.1) is 0 Å². The van der Waals surface area contributed by atoms with Gasteiger partial charge in [0, 0.05) is 40.3 Å². The summed E-state index contributed by atoms with van der Waals surface area (Å²) in [6, 6.07) is 10.7. The lowest BCUT2D eigenvalue weighted by molar-refractivity contribution is -0.275. The summed E-state index contributed by atoms with van der Waals surface area (Å²) in [5.74, 6) is 0. The van der Waals surface area contributed by atoms with Crippen molar-refractivity contribution in [2.75, 3.05) is 12.4 Å². The van der Waals surface area contributed by atoms with Crippen molar-refractivity contribution in [3.8, 4) is 0 Å². The summed E-state index contributed by atoms with van der Waals surface area (Å²) in [6.45, 7) is 0. The molecular formula is C17H13Cl2F3N2O. The molecular weight excluding hydrogens is 376 g/mol. The molecule has 0 aliphatic carbocycles. The molecule has 1 unspecified atom stereocenters. The standard InChI is InChI=1S/C17H13Cl2F3N2O/c1-23-14-4-2-3-10(5-14)15-9-16(25-24-15,17(20,21)22)11-6-12(18)8-13(19)7-11/h2-8,23H,9H2,1H3. The molecule has 1 aliphatic rings. The molecule has 0 spiro atoms. The Kier molecular flexibility index (Phi) is 4.60. The zero-order valence-electron chi connectivity index (χ0n) is 13.0. The van der Waals surface area contributed by atoms with Crippen LogP contribution in [0.1, 0.15) is 17.5 Å². The van der Waals surface area contributed by atoms with Gasteiger partial charge in [-0.25, -0.2) is 0 Å². The van der Waals surface area contributed by atoms with Crippen LogP contribution in [0, 0.1) is 0 Å². The van der Waals surface area contributed by atoms with Gasteiger partial charge >= 0.3 is 6.18 Å². The normalized spacial score (nSPS) is 20.2. The fourth-order valence-corrected chi connectivity index (χ4v) is 3.23. The first-order valence-corrected chi connectivity index (χ1v) is 8.07. The van der Waals surface area contributed by atoms with E-state index in [0.717, 1.165) is 5.69 Å². The highest BCUT2D eigenvalue weighted by Gasteiger charge is 2.62. The molecule has 2 aromatic rings. The highest BCUT2D eigenvalue weighted by Crippen LogP contribution is 2.49. The van der Waals surface area contributed by atoms with Gasteiger partial charge in [-0.05, 0) is 30.3 Å². The number of halogens is 5. The molecule has 0 amide bonds. The van der Waals surface area contributed by atoms with Gasteiger partial charge in [0.15, 0.2) is 0 Å². The van der Waals surface area contributed by atoms with Gasteiger partial charge in [0.1, 0.15) is 0 Å². The van der Waals surface area contributed by atoms with Crippen molar-refractivity contribution in [2.24, 2.45) is 5.16 Å². The second-order valence-corrected chi connectivity index (χ2v) is 6.49. The molecule has 0 bridgehead atoms. The molecule has 1 N–H and O–H groups in total. The van der Waals surface area contributed by atoms with Gasteiger partial charge in [0.2, 0.25) is 0 Å². The first-order valence-electron chi connectivity index (χ1n) is 7.32. The molecule has 1 aliphatic heterocycles. The Hall–Kier alpha value is -1.92. The molecule has 25 heavy (non-hydrogen) atoms. The number of hydrogen-bond acceptors (Lipinski definition) is 3. The molecule has 0 radical (unpaired) electrons. The lowest BCUT2D eigenvalue weighted by Crippen LogP contribution is -2.42. The first kappa shape index (κ1) is 17.9. The average Bonchev–Trinajstić information content (AvgIpc) is 3.00. The van der Waals surface area contributed by atoms with Crippen LogP contribution in [0.15, 0.2) is 47.6 Å². The minimum absolute atomic E-state index is 0.0976. The van der Waals surface area contributed by atoms with Crippen LogP contribution in [0.5, 0.6) is 0 Å². The first-order chi connectivity index (χ1) is 11.7. The van der Waals surface area contributed by atoms with E-state index in [-0.39, 0.29) is 21.3 Å². The Balaban J connectivity index is 2.03. The number of oxime groups is 1. The number of nitrogens with zero attached hydrogens (tertiary/aromatic N) is 1. The predicted octanol–water partition coefficient (Wildman–Crippen LogP) is 5.62. The molecule has 0 fully saturated rings. The fourth-order valence-electron chi connectivity index (χ4n) is 2.70. The average molecular weight is 389 g/mol. The third kappa shape index (κ3) is 3.28. The smallest absolute Gasteiger partial charge is 0.388 e. The fraction of sp³-hybridized carbons (Fsp3) is 0.235. The zero-order valence-corrected chi connectivity index (χ0v) is 14.5. The van der Waals surface area contributed by atoms with Gasteiger partial charge in [0.25, 0.3) is 5.60 Å². The Morgan fingerprint density at radius 3 is 2.40 bits per heavy atom. The van der Waals surface area contributed by atoms with E-state index in [2.05, 4.69) is 10.5 Å². The van der Waals surface area contributed by atoms with Crippen molar-refractivity contribution in [2.45, 2.75) is 18.2 Å². The summed E-state index contributed by atoms with van der Waals surface area (Å²) in [5, 5.41) is 6.85. The van der Waals surface area contributed by atoms with Gasteiger partial charge in [-0.3, -0.25) is 0 Å². The minimum atomic E-state index is -4.70. The number of nitrogens with one attached hydrogen (secondary N) is 1. The highest BCUT2D eigenvalue weighted by atomic mass is 35.5. The highest BCUT2D eigenvalue weighted by molar-refractivity contribution is 6.34. The van der Waals surface area contributed by atoms with E-state index in [0.29, 0.717) is 5.56 Å². The second-order valence-electron chi connectivity index (χ2n) is 5.62. The third-order valence-corrected chi connectivity index (χ3v) is 4.44. The molecule has 132 valence electrons. The van der Waals surface area contributed by atoms with Crippen molar-refractivity contribution in [3.05, 3.63) is 63.6 Å². The summed E-state index contributed by atoms with van der Waals surface area (Å²) in [5.41, 5.74) is -1.29. The molecule has 0 saturated heterocycles. The van der Waals surface area contributed by atoms with Gasteiger partial charge < -0.3 is 10.2 Å². The molecule has 8 heteroatoms. The monoisotopic (exact) mass is 388 g/mol. The Labute approximate surface area is 152 Å². The predicted molar refractivity (Wildman–Crippen MR) is 92.4 cm³/mol. The Morgan fingerprint density at radius 2 is 1.80 bits per heavy atom. The number of anilines is 1. The van der Waals surface area contributed by atoms with Crippen molar-refractivity contribution in [1.82, 2.24) is 0 Å². The number of hydrogen-bond donors (Lipinski definition) is 1. The van der Waals surface area contributed by atoms with E-state index < -0.39 is 18.2 Å². The van der Waals surface area contributed by atoms with Crippen LogP contribution in [0.2, 0.25) is 10.0 Å². The number of rotatable bonds is 3. The zero-order chi connectivity index (χ0) is 18.2. The molecule has 2 aromatic carbocycles.